The number of pyridine rings is 1. The van der Waals surface area contributed by atoms with E-state index < -0.39 is 12.0 Å². The lowest BCUT2D eigenvalue weighted by atomic mass is 10.1. The molecule has 198 valence electrons. The number of nitrogens with zero attached hydrogens (tertiary/aromatic N) is 3. The van der Waals surface area contributed by atoms with Crippen LogP contribution in [0.2, 0.25) is 0 Å². The van der Waals surface area contributed by atoms with Crippen LogP contribution in [0.3, 0.4) is 0 Å². The number of hydrogen-bond donors (Lipinski definition) is 3. The van der Waals surface area contributed by atoms with Gasteiger partial charge in [0.15, 0.2) is 0 Å². The van der Waals surface area contributed by atoms with Crippen LogP contribution in [0.5, 0.6) is 0 Å². The molecular weight excluding hydrogens is 470 g/mol. The number of ether oxygens (including phenoxy) is 1. The molecule has 2 aromatic rings. The molecule has 0 bridgehead atoms. The Bertz CT molecular complexity index is 1080. The maximum Gasteiger partial charge on any atom is 0.326 e. The van der Waals surface area contributed by atoms with Crippen molar-refractivity contribution >= 4 is 23.4 Å². The molecule has 1 aromatic heterocycles. The molecule has 0 unspecified atom stereocenters. The summed E-state index contributed by atoms with van der Waals surface area (Å²) in [6.07, 6.45) is 5.20. The number of hydrogen-bond acceptors (Lipinski definition) is 7. The van der Waals surface area contributed by atoms with Crippen molar-refractivity contribution in [3.8, 4) is 0 Å². The molecule has 37 heavy (non-hydrogen) atoms. The van der Waals surface area contributed by atoms with Gasteiger partial charge in [0.25, 0.3) is 0 Å². The second kappa shape index (κ2) is 11.9. The molecule has 0 aliphatic carbocycles. The molecule has 3 aliphatic heterocycles. The second-order valence-electron chi connectivity index (χ2n) is 10.2. The topological polar surface area (TPSA) is 107 Å². The molecule has 0 radical (unpaired) electrons. The zero-order chi connectivity index (χ0) is 25.6. The van der Waals surface area contributed by atoms with E-state index in [1.807, 2.05) is 30.3 Å². The van der Waals surface area contributed by atoms with Crippen LogP contribution in [-0.2, 0) is 27.2 Å². The number of anilines is 2. The third-order valence-electron chi connectivity index (χ3n) is 7.58. The third kappa shape index (κ3) is 6.40. The Morgan fingerprint density at radius 1 is 1.16 bits per heavy atom. The Hall–Kier alpha value is -3.17. The molecule has 9 heteroatoms. The van der Waals surface area contributed by atoms with Crippen LogP contribution < -0.4 is 15.5 Å². The van der Waals surface area contributed by atoms with Crippen molar-refractivity contribution in [3.05, 3.63) is 53.7 Å². The van der Waals surface area contributed by atoms with Crippen LogP contribution in [0.1, 0.15) is 36.9 Å². The van der Waals surface area contributed by atoms with Gasteiger partial charge in [-0.25, -0.2) is 9.78 Å². The highest BCUT2D eigenvalue weighted by atomic mass is 16.5. The van der Waals surface area contributed by atoms with E-state index in [1.165, 1.54) is 5.56 Å². The molecule has 0 spiro atoms. The average molecular weight is 508 g/mol. The maximum absolute atomic E-state index is 13.0. The van der Waals surface area contributed by atoms with Gasteiger partial charge in [0.05, 0.1) is 12.7 Å². The minimum atomic E-state index is -0.988. The third-order valence-corrected chi connectivity index (χ3v) is 7.58. The molecule has 2 atom stereocenters. The number of aryl methyl sites for hydroxylation is 1. The predicted molar refractivity (Wildman–Crippen MR) is 142 cm³/mol. The summed E-state index contributed by atoms with van der Waals surface area (Å²) in [6.45, 7) is 4.58. The highest BCUT2D eigenvalue weighted by molar-refractivity contribution is 5.89. The molecular formula is C28H37N5O4. The first kappa shape index (κ1) is 25.5. The van der Waals surface area contributed by atoms with Crippen LogP contribution in [0.15, 0.2) is 42.5 Å². The quantitative estimate of drug-likeness (QED) is 0.426. The van der Waals surface area contributed by atoms with E-state index >= 15 is 0 Å². The zero-order valence-electron chi connectivity index (χ0n) is 21.3. The minimum absolute atomic E-state index is 0.159. The molecule has 1 aromatic carbocycles. The van der Waals surface area contributed by atoms with Crippen LogP contribution >= 0.6 is 0 Å². The van der Waals surface area contributed by atoms with Gasteiger partial charge in [-0.2, -0.15) is 0 Å². The van der Waals surface area contributed by atoms with E-state index in [1.54, 1.807) is 0 Å². The Labute approximate surface area is 218 Å². The monoisotopic (exact) mass is 507 g/mol. The Balaban J connectivity index is 1.02. The van der Waals surface area contributed by atoms with Gasteiger partial charge in [-0.3, -0.25) is 9.69 Å². The molecule has 3 N–H and O–H groups in total. The summed E-state index contributed by atoms with van der Waals surface area (Å²) < 4.78 is 6.00. The van der Waals surface area contributed by atoms with E-state index in [9.17, 15) is 14.7 Å². The van der Waals surface area contributed by atoms with Crippen LogP contribution in [0.25, 0.3) is 0 Å². The molecule has 5 rings (SSSR count). The average Bonchev–Trinajstić information content (AvgIpc) is 3.39. The molecule has 2 saturated heterocycles. The summed E-state index contributed by atoms with van der Waals surface area (Å²) in [6, 6.07) is 12.9. The fraction of sp³-hybridized carbons (Fsp3) is 0.536. The van der Waals surface area contributed by atoms with Gasteiger partial charge in [0.1, 0.15) is 17.9 Å². The second-order valence-corrected chi connectivity index (χ2v) is 10.2. The van der Waals surface area contributed by atoms with Crippen molar-refractivity contribution in [1.29, 1.82) is 0 Å². The lowest BCUT2D eigenvalue weighted by molar-refractivity contribution is -0.142. The number of aromatic nitrogens is 1. The smallest absolute Gasteiger partial charge is 0.326 e. The molecule has 3 aliphatic rings. The summed E-state index contributed by atoms with van der Waals surface area (Å²) in [7, 11) is 0. The van der Waals surface area contributed by atoms with E-state index in [-0.39, 0.29) is 18.1 Å². The van der Waals surface area contributed by atoms with E-state index in [0.29, 0.717) is 19.6 Å². The fourth-order valence-corrected chi connectivity index (χ4v) is 5.45. The van der Waals surface area contributed by atoms with Crippen molar-refractivity contribution in [2.24, 2.45) is 0 Å². The zero-order valence-corrected chi connectivity index (χ0v) is 21.3. The predicted octanol–water partition coefficient (Wildman–Crippen LogP) is 2.31. The number of amides is 1. The van der Waals surface area contributed by atoms with Gasteiger partial charge in [-0.05, 0) is 55.9 Å². The number of benzene rings is 1. The molecule has 9 nitrogen and oxygen atoms in total. The van der Waals surface area contributed by atoms with Gasteiger partial charge in [-0.1, -0.05) is 24.3 Å². The summed E-state index contributed by atoms with van der Waals surface area (Å²) in [5.74, 6) is -0.179. The first-order chi connectivity index (χ1) is 18.1. The molecule has 0 saturated carbocycles. The van der Waals surface area contributed by atoms with E-state index in [0.717, 1.165) is 75.5 Å². The van der Waals surface area contributed by atoms with Gasteiger partial charge in [0, 0.05) is 50.5 Å². The number of likely N-dealkylation sites (tertiary alicyclic amines) is 1. The lowest BCUT2D eigenvalue weighted by Gasteiger charge is -2.39. The highest BCUT2D eigenvalue weighted by Crippen LogP contribution is 2.25. The minimum Gasteiger partial charge on any atom is -0.480 e. The van der Waals surface area contributed by atoms with Crippen molar-refractivity contribution < 1.29 is 19.4 Å². The fourth-order valence-electron chi connectivity index (χ4n) is 5.45. The number of carboxylic acid groups (broad SMARTS) is 1. The van der Waals surface area contributed by atoms with Gasteiger partial charge in [-0.15, -0.1) is 0 Å². The standard InChI is InChI=1S/C28H37N5O4/c34-27(25-9-5-15-33(25)22-7-2-1-3-8-22)31-24(28(35)36)12-16-32-18-23(19-32)37-17-13-21-11-10-20-6-4-14-29-26(20)30-21/h1-3,7-8,10-11,23-25H,4-6,9,12-19H2,(H,29,30)(H,31,34)(H,35,36)/t24-,25-/m0/s1. The Morgan fingerprint density at radius 3 is 2.81 bits per heavy atom. The number of nitrogens with one attached hydrogen (secondary N) is 2. The first-order valence-electron chi connectivity index (χ1n) is 13.5. The number of rotatable bonds is 11. The van der Waals surface area contributed by atoms with Crippen molar-refractivity contribution in [1.82, 2.24) is 15.2 Å². The normalized spacial score (nSPS) is 20.5. The number of aliphatic carboxylic acids is 1. The summed E-state index contributed by atoms with van der Waals surface area (Å²) in [5, 5.41) is 15.9. The maximum atomic E-state index is 13.0. The number of fused-ring (bicyclic) bond motifs is 1. The molecule has 1 amide bonds. The molecule has 2 fully saturated rings. The molecule has 4 heterocycles. The summed E-state index contributed by atoms with van der Waals surface area (Å²) in [4.78, 5) is 33.8. The summed E-state index contributed by atoms with van der Waals surface area (Å²) in [5.41, 5.74) is 3.33. The highest BCUT2D eigenvalue weighted by Gasteiger charge is 2.34. The number of para-hydroxylation sites is 1. The first-order valence-corrected chi connectivity index (χ1v) is 13.5. The Kier molecular flexibility index (Phi) is 8.21. The van der Waals surface area contributed by atoms with Crippen LogP contribution in [0, 0.1) is 0 Å². The largest absolute Gasteiger partial charge is 0.480 e. The SMILES string of the molecule is O=C(O)[C@H](CCN1CC(OCCc2ccc3c(n2)NCCC3)C1)NC(=O)[C@@H]1CCCN1c1ccccc1. The van der Waals surface area contributed by atoms with Crippen molar-refractivity contribution in [3.63, 3.8) is 0 Å². The number of carbonyl (C=O) groups is 2. The Morgan fingerprint density at radius 2 is 2.00 bits per heavy atom. The van der Waals surface area contributed by atoms with E-state index in [4.69, 9.17) is 9.72 Å². The van der Waals surface area contributed by atoms with Gasteiger partial charge in [0.2, 0.25) is 5.91 Å². The van der Waals surface area contributed by atoms with Crippen molar-refractivity contribution in [2.75, 3.05) is 49.5 Å². The van der Waals surface area contributed by atoms with Gasteiger partial charge < -0.3 is 25.4 Å². The number of carboxylic acids is 1. The van der Waals surface area contributed by atoms with Gasteiger partial charge >= 0.3 is 5.97 Å². The van der Waals surface area contributed by atoms with Crippen LogP contribution in [-0.4, -0.2) is 84.4 Å². The summed E-state index contributed by atoms with van der Waals surface area (Å²) >= 11 is 0. The lowest BCUT2D eigenvalue weighted by Crippen LogP contribution is -2.55. The van der Waals surface area contributed by atoms with Crippen LogP contribution in [0.4, 0.5) is 11.5 Å². The van der Waals surface area contributed by atoms with E-state index in [2.05, 4.69) is 32.6 Å². The van der Waals surface area contributed by atoms with Crippen molar-refractivity contribution in [2.45, 2.75) is 56.7 Å². The number of carbonyl (C=O) groups excluding carboxylic acids is 1.